The lowest BCUT2D eigenvalue weighted by Gasteiger charge is -2.37. The third-order valence-electron chi connectivity index (χ3n) is 3.05. The third-order valence-corrected chi connectivity index (χ3v) is 4.10. The molecule has 0 spiro atoms. The van der Waals surface area contributed by atoms with Crippen LogP contribution in [0.2, 0.25) is 0 Å². The summed E-state index contributed by atoms with van der Waals surface area (Å²) >= 11 is 0. The van der Waals surface area contributed by atoms with Crippen molar-refractivity contribution in [2.24, 2.45) is 11.1 Å². The smallest absolute Gasteiger partial charge is 0.276 e. The fourth-order valence-corrected chi connectivity index (χ4v) is 2.93. The Labute approximate surface area is 92.2 Å². The summed E-state index contributed by atoms with van der Waals surface area (Å²) < 4.78 is 23.8. The second-order valence-electron chi connectivity index (χ2n) is 4.02. The molecule has 90 valence electrons. The van der Waals surface area contributed by atoms with Crippen LogP contribution in [0.3, 0.4) is 0 Å². The molecule has 1 saturated heterocycles. The minimum atomic E-state index is -3.50. The van der Waals surface area contributed by atoms with Crippen LogP contribution in [0, 0.1) is 5.92 Å². The summed E-state index contributed by atoms with van der Waals surface area (Å²) in [6.07, 6.45) is 1.83. The van der Waals surface area contributed by atoms with E-state index >= 15 is 0 Å². The Balaban J connectivity index is 2.62. The van der Waals surface area contributed by atoms with Gasteiger partial charge in [-0.25, -0.2) is 5.14 Å². The van der Waals surface area contributed by atoms with E-state index in [0.29, 0.717) is 25.0 Å². The van der Waals surface area contributed by atoms with E-state index in [2.05, 4.69) is 19.2 Å². The lowest BCUT2D eigenvalue weighted by atomic mass is 9.91. The van der Waals surface area contributed by atoms with Crippen LogP contribution in [0.4, 0.5) is 0 Å². The first-order chi connectivity index (χ1) is 6.99. The van der Waals surface area contributed by atoms with Crippen LogP contribution >= 0.6 is 0 Å². The van der Waals surface area contributed by atoms with Crippen molar-refractivity contribution in [1.82, 2.24) is 9.62 Å². The van der Waals surface area contributed by atoms with E-state index in [1.54, 1.807) is 0 Å². The van der Waals surface area contributed by atoms with Gasteiger partial charge in [0.15, 0.2) is 0 Å². The maximum atomic E-state index is 11.2. The third kappa shape index (κ3) is 3.41. The van der Waals surface area contributed by atoms with Crippen molar-refractivity contribution in [3.63, 3.8) is 0 Å². The zero-order valence-electron chi connectivity index (χ0n) is 9.44. The minimum Gasteiger partial charge on any atom is -0.314 e. The van der Waals surface area contributed by atoms with Crippen LogP contribution < -0.4 is 10.5 Å². The van der Waals surface area contributed by atoms with E-state index in [1.165, 1.54) is 4.31 Å². The summed E-state index contributed by atoms with van der Waals surface area (Å²) in [5.41, 5.74) is 0. The highest BCUT2D eigenvalue weighted by molar-refractivity contribution is 7.86. The van der Waals surface area contributed by atoms with Crippen LogP contribution in [-0.4, -0.2) is 38.4 Å². The van der Waals surface area contributed by atoms with Crippen LogP contribution in [0.15, 0.2) is 0 Å². The molecule has 2 unspecified atom stereocenters. The summed E-state index contributed by atoms with van der Waals surface area (Å²) in [6, 6.07) is 0.429. The van der Waals surface area contributed by atoms with Gasteiger partial charge in [-0.15, -0.1) is 0 Å². The predicted molar refractivity (Wildman–Crippen MR) is 60.5 cm³/mol. The molecule has 1 heterocycles. The molecule has 2 atom stereocenters. The zero-order chi connectivity index (χ0) is 11.5. The molecule has 0 aromatic heterocycles. The predicted octanol–water partition coefficient (Wildman–Crippen LogP) is -0.100. The maximum absolute atomic E-state index is 11.2. The molecular weight excluding hydrogens is 214 g/mol. The molecule has 1 aliphatic rings. The summed E-state index contributed by atoms with van der Waals surface area (Å²) in [7, 11) is -3.50. The molecule has 6 heteroatoms. The highest BCUT2D eigenvalue weighted by Gasteiger charge is 2.31. The molecule has 1 rings (SSSR count). The van der Waals surface area contributed by atoms with Crippen molar-refractivity contribution in [3.05, 3.63) is 0 Å². The van der Waals surface area contributed by atoms with Gasteiger partial charge >= 0.3 is 0 Å². The van der Waals surface area contributed by atoms with Gasteiger partial charge in [0.1, 0.15) is 0 Å². The molecule has 5 nitrogen and oxygen atoms in total. The molecule has 0 aromatic rings. The van der Waals surface area contributed by atoms with Gasteiger partial charge in [-0.3, -0.25) is 0 Å². The van der Waals surface area contributed by atoms with E-state index in [4.69, 9.17) is 5.14 Å². The number of nitrogens with zero attached hydrogens (tertiary/aromatic N) is 1. The van der Waals surface area contributed by atoms with E-state index in [1.807, 2.05) is 0 Å². The van der Waals surface area contributed by atoms with Gasteiger partial charge in [-0.1, -0.05) is 20.3 Å². The van der Waals surface area contributed by atoms with Gasteiger partial charge < -0.3 is 5.32 Å². The monoisotopic (exact) mass is 235 g/mol. The van der Waals surface area contributed by atoms with Crippen molar-refractivity contribution in [1.29, 1.82) is 0 Å². The molecule has 0 radical (unpaired) electrons. The Morgan fingerprint density at radius 1 is 1.47 bits per heavy atom. The average molecular weight is 235 g/mol. The van der Waals surface area contributed by atoms with E-state index in [9.17, 15) is 8.42 Å². The lowest BCUT2D eigenvalue weighted by Crippen LogP contribution is -2.52. The van der Waals surface area contributed by atoms with Crippen molar-refractivity contribution in [3.8, 4) is 0 Å². The highest BCUT2D eigenvalue weighted by atomic mass is 32.2. The first kappa shape index (κ1) is 12.9. The quantitative estimate of drug-likeness (QED) is 0.714. The minimum absolute atomic E-state index is 0.372. The molecule has 1 aliphatic heterocycles. The van der Waals surface area contributed by atoms with Gasteiger partial charge in [0.05, 0.1) is 0 Å². The molecule has 3 N–H and O–H groups in total. The number of nitrogens with two attached hydrogens (primary N) is 1. The normalized spacial score (nSPS) is 29.3. The Bertz CT molecular complexity index is 292. The first-order valence-electron chi connectivity index (χ1n) is 5.50. The number of nitrogens with one attached hydrogen (secondary N) is 1. The standard InChI is InChI=1S/C9H21N3O2S/c1-3-8-7-12(15(10,13)14)6-5-9(8)11-4-2/h8-9,11H,3-7H2,1-2H3,(H2,10,13,14). The Morgan fingerprint density at radius 3 is 2.60 bits per heavy atom. The summed E-state index contributed by atoms with van der Waals surface area (Å²) in [4.78, 5) is 0. The van der Waals surface area contributed by atoms with Gasteiger partial charge in [0, 0.05) is 19.1 Å². The molecular formula is C9H21N3O2S. The summed E-state index contributed by atoms with van der Waals surface area (Å²) in [6.45, 7) is 6.16. The lowest BCUT2D eigenvalue weighted by molar-refractivity contribution is 0.204. The van der Waals surface area contributed by atoms with Crippen molar-refractivity contribution >= 4 is 10.2 Å². The van der Waals surface area contributed by atoms with Crippen molar-refractivity contribution in [2.45, 2.75) is 32.7 Å². The number of piperidine rings is 1. The second kappa shape index (κ2) is 5.25. The number of rotatable bonds is 4. The fraction of sp³-hybridized carbons (Fsp3) is 1.00. The van der Waals surface area contributed by atoms with Crippen LogP contribution in [0.5, 0.6) is 0 Å². The Kier molecular flexibility index (Phi) is 4.51. The largest absolute Gasteiger partial charge is 0.314 e. The average Bonchev–Trinajstić information content (AvgIpc) is 2.17. The fourth-order valence-electron chi connectivity index (χ4n) is 2.17. The molecule has 15 heavy (non-hydrogen) atoms. The summed E-state index contributed by atoms with van der Waals surface area (Å²) in [5, 5.41) is 8.52. The summed E-state index contributed by atoms with van der Waals surface area (Å²) in [5.74, 6) is 0.372. The van der Waals surface area contributed by atoms with E-state index in [-0.39, 0.29) is 0 Å². The van der Waals surface area contributed by atoms with E-state index < -0.39 is 10.2 Å². The van der Waals surface area contributed by atoms with Gasteiger partial charge in [0.2, 0.25) is 0 Å². The van der Waals surface area contributed by atoms with Crippen LogP contribution in [0.25, 0.3) is 0 Å². The topological polar surface area (TPSA) is 75.4 Å². The molecule has 0 amide bonds. The number of hydrogen-bond donors (Lipinski definition) is 2. The van der Waals surface area contributed by atoms with Gasteiger partial charge in [-0.2, -0.15) is 12.7 Å². The van der Waals surface area contributed by atoms with Crippen LogP contribution in [-0.2, 0) is 10.2 Å². The zero-order valence-corrected chi connectivity index (χ0v) is 10.3. The van der Waals surface area contributed by atoms with Gasteiger partial charge in [-0.05, 0) is 18.9 Å². The molecule has 0 aromatic carbocycles. The molecule has 1 fully saturated rings. The van der Waals surface area contributed by atoms with Crippen molar-refractivity contribution in [2.75, 3.05) is 19.6 Å². The van der Waals surface area contributed by atoms with Gasteiger partial charge in [0.25, 0.3) is 10.2 Å². The van der Waals surface area contributed by atoms with Crippen LogP contribution in [0.1, 0.15) is 26.7 Å². The molecule has 0 aliphatic carbocycles. The number of hydrogen-bond acceptors (Lipinski definition) is 3. The second-order valence-corrected chi connectivity index (χ2v) is 5.57. The van der Waals surface area contributed by atoms with E-state index in [0.717, 1.165) is 19.4 Å². The molecule has 0 bridgehead atoms. The SMILES string of the molecule is CCNC1CCN(S(N)(=O)=O)CC1CC. The maximum Gasteiger partial charge on any atom is 0.276 e. The highest BCUT2D eigenvalue weighted by Crippen LogP contribution is 2.21. The Morgan fingerprint density at radius 2 is 2.13 bits per heavy atom. The van der Waals surface area contributed by atoms with Crippen molar-refractivity contribution < 1.29 is 8.42 Å². The molecule has 0 saturated carbocycles. The Hall–Kier alpha value is -0.170. The first-order valence-corrected chi connectivity index (χ1v) is 7.00.